The van der Waals surface area contributed by atoms with Crippen LogP contribution >= 0.6 is 0 Å². The maximum absolute atomic E-state index is 12.5. The first-order chi connectivity index (χ1) is 11.7. The molecular formula is C17H21N3O4. The molecule has 0 unspecified atom stereocenters. The summed E-state index contributed by atoms with van der Waals surface area (Å²) in [4.78, 5) is 12.5. The summed E-state index contributed by atoms with van der Waals surface area (Å²) in [7, 11) is 1.59. The van der Waals surface area contributed by atoms with E-state index in [1.54, 1.807) is 36.3 Å². The number of nitrogens with zero attached hydrogens (tertiary/aromatic N) is 2. The second kappa shape index (κ2) is 7.25. The Morgan fingerprint density at radius 3 is 2.75 bits per heavy atom. The lowest BCUT2D eigenvalue weighted by atomic mass is 10.1. The summed E-state index contributed by atoms with van der Waals surface area (Å²) in [6.07, 6.45) is 4.12. The van der Waals surface area contributed by atoms with Crippen LogP contribution < -0.4 is 19.5 Å². The molecule has 0 aliphatic carbocycles. The van der Waals surface area contributed by atoms with Gasteiger partial charge < -0.3 is 19.5 Å². The number of carbonyl (C=O) groups is 1. The molecule has 1 aromatic heterocycles. The number of benzene rings is 1. The van der Waals surface area contributed by atoms with E-state index in [9.17, 15) is 4.79 Å². The van der Waals surface area contributed by atoms with Gasteiger partial charge in [0.25, 0.3) is 0 Å². The second-order valence-corrected chi connectivity index (χ2v) is 5.44. The fraction of sp³-hybridized carbons (Fsp3) is 0.412. The van der Waals surface area contributed by atoms with Crippen LogP contribution in [-0.2, 0) is 11.3 Å². The van der Waals surface area contributed by atoms with E-state index in [0.717, 1.165) is 5.56 Å². The van der Waals surface area contributed by atoms with Crippen LogP contribution in [-0.4, -0.2) is 36.0 Å². The second-order valence-electron chi connectivity index (χ2n) is 5.44. The molecule has 0 saturated heterocycles. The molecule has 0 radical (unpaired) electrons. The summed E-state index contributed by atoms with van der Waals surface area (Å²) in [6, 6.07) is 5.12. The number of rotatable bonds is 6. The Hall–Kier alpha value is -2.70. The Morgan fingerprint density at radius 2 is 2.12 bits per heavy atom. The van der Waals surface area contributed by atoms with E-state index >= 15 is 0 Å². The Bertz CT molecular complexity index is 700. The summed E-state index contributed by atoms with van der Waals surface area (Å²) in [5, 5.41) is 7.09. The third-order valence-electron chi connectivity index (χ3n) is 3.93. The summed E-state index contributed by atoms with van der Waals surface area (Å²) in [5.74, 6) is 1.91. The number of hydrogen-bond donors (Lipinski definition) is 1. The Balaban J connectivity index is 1.72. The number of hydrogen-bond acceptors (Lipinski definition) is 5. The van der Waals surface area contributed by atoms with Crippen LogP contribution in [0.2, 0.25) is 0 Å². The third-order valence-corrected chi connectivity index (χ3v) is 3.93. The van der Waals surface area contributed by atoms with Crippen LogP contribution in [0.3, 0.4) is 0 Å². The van der Waals surface area contributed by atoms with Gasteiger partial charge >= 0.3 is 0 Å². The minimum atomic E-state index is -0.330. The first kappa shape index (κ1) is 16.2. The zero-order valence-electron chi connectivity index (χ0n) is 13.8. The fourth-order valence-corrected chi connectivity index (χ4v) is 2.70. The fourth-order valence-electron chi connectivity index (χ4n) is 2.70. The van der Waals surface area contributed by atoms with E-state index in [1.807, 2.05) is 13.0 Å². The van der Waals surface area contributed by atoms with Crippen LogP contribution in [0.5, 0.6) is 17.2 Å². The van der Waals surface area contributed by atoms with Crippen molar-refractivity contribution in [2.75, 3.05) is 20.3 Å². The molecule has 1 N–H and O–H groups in total. The zero-order valence-corrected chi connectivity index (χ0v) is 13.8. The number of aromatic nitrogens is 2. The molecule has 1 aliphatic rings. The maximum atomic E-state index is 12.5. The minimum Gasteiger partial charge on any atom is -0.496 e. The molecule has 7 nitrogen and oxygen atoms in total. The number of fused-ring (bicyclic) bond motifs is 1. The Labute approximate surface area is 140 Å². The highest BCUT2D eigenvalue weighted by Gasteiger charge is 2.20. The van der Waals surface area contributed by atoms with Gasteiger partial charge in [-0.25, -0.2) is 0 Å². The molecule has 1 aromatic carbocycles. The topological polar surface area (TPSA) is 74.6 Å². The number of ether oxygens (including phenoxy) is 3. The van der Waals surface area contributed by atoms with Gasteiger partial charge in [0, 0.05) is 30.6 Å². The summed E-state index contributed by atoms with van der Waals surface area (Å²) >= 11 is 0. The Morgan fingerprint density at radius 1 is 1.38 bits per heavy atom. The van der Waals surface area contributed by atoms with Crippen LogP contribution in [0.25, 0.3) is 0 Å². The average molecular weight is 331 g/mol. The number of nitrogens with one attached hydrogen (secondary N) is 1. The van der Waals surface area contributed by atoms with E-state index < -0.39 is 0 Å². The molecule has 3 rings (SSSR count). The van der Waals surface area contributed by atoms with Crippen molar-refractivity contribution in [1.29, 1.82) is 0 Å². The van der Waals surface area contributed by atoms with Gasteiger partial charge in [0.1, 0.15) is 25.0 Å². The summed E-state index contributed by atoms with van der Waals surface area (Å²) in [5.41, 5.74) is 0.838. The largest absolute Gasteiger partial charge is 0.496 e. The zero-order chi connectivity index (χ0) is 16.9. The van der Waals surface area contributed by atoms with E-state index in [0.29, 0.717) is 43.4 Å². The van der Waals surface area contributed by atoms with Gasteiger partial charge in [0.2, 0.25) is 5.91 Å². The van der Waals surface area contributed by atoms with Gasteiger partial charge in [-0.3, -0.25) is 9.48 Å². The van der Waals surface area contributed by atoms with Crippen LogP contribution in [0, 0.1) is 0 Å². The SMILES string of the molecule is CC[C@@H](C(=O)NCc1cc2c(cc1OC)OCCO2)n1cccn1. The van der Waals surface area contributed by atoms with Crippen molar-refractivity contribution >= 4 is 5.91 Å². The Kier molecular flexibility index (Phi) is 4.88. The lowest BCUT2D eigenvalue weighted by Crippen LogP contribution is -2.32. The monoisotopic (exact) mass is 331 g/mol. The molecule has 1 amide bonds. The molecule has 0 fully saturated rings. The molecular weight excluding hydrogens is 310 g/mol. The van der Waals surface area contributed by atoms with Crippen molar-refractivity contribution < 1.29 is 19.0 Å². The quantitative estimate of drug-likeness (QED) is 0.875. The van der Waals surface area contributed by atoms with E-state index in [-0.39, 0.29) is 11.9 Å². The highest BCUT2D eigenvalue weighted by atomic mass is 16.6. The molecule has 1 aliphatic heterocycles. The van der Waals surface area contributed by atoms with E-state index in [4.69, 9.17) is 14.2 Å². The predicted molar refractivity (Wildman–Crippen MR) is 87.4 cm³/mol. The van der Waals surface area contributed by atoms with Crippen LogP contribution in [0.4, 0.5) is 0 Å². The van der Waals surface area contributed by atoms with Crippen molar-refractivity contribution in [2.24, 2.45) is 0 Å². The highest BCUT2D eigenvalue weighted by molar-refractivity contribution is 5.80. The molecule has 0 spiro atoms. The van der Waals surface area contributed by atoms with Crippen molar-refractivity contribution in [3.8, 4) is 17.2 Å². The standard InChI is InChI=1S/C17H21N3O4/c1-3-13(20-6-4-5-19-20)17(21)18-11-12-9-15-16(10-14(12)22-2)24-8-7-23-15/h4-6,9-10,13H,3,7-8,11H2,1-2H3,(H,18,21)/t13-/m0/s1. The lowest BCUT2D eigenvalue weighted by Gasteiger charge is -2.21. The molecule has 128 valence electrons. The van der Waals surface area contributed by atoms with Gasteiger partial charge in [0.15, 0.2) is 11.5 Å². The highest BCUT2D eigenvalue weighted by Crippen LogP contribution is 2.36. The van der Waals surface area contributed by atoms with Crippen molar-refractivity contribution in [1.82, 2.24) is 15.1 Å². The molecule has 7 heteroatoms. The minimum absolute atomic E-state index is 0.0851. The molecule has 0 saturated carbocycles. The van der Waals surface area contributed by atoms with Crippen LogP contribution in [0.15, 0.2) is 30.6 Å². The molecule has 2 aromatic rings. The van der Waals surface area contributed by atoms with Gasteiger partial charge in [-0.15, -0.1) is 0 Å². The van der Waals surface area contributed by atoms with Gasteiger partial charge in [-0.2, -0.15) is 5.10 Å². The van der Waals surface area contributed by atoms with Gasteiger partial charge in [0.05, 0.1) is 7.11 Å². The number of carbonyl (C=O) groups excluding carboxylic acids is 1. The number of amides is 1. The molecule has 0 bridgehead atoms. The van der Waals surface area contributed by atoms with Crippen molar-refractivity contribution in [3.63, 3.8) is 0 Å². The molecule has 2 heterocycles. The first-order valence-corrected chi connectivity index (χ1v) is 7.96. The molecule has 24 heavy (non-hydrogen) atoms. The summed E-state index contributed by atoms with van der Waals surface area (Å²) < 4.78 is 18.2. The smallest absolute Gasteiger partial charge is 0.245 e. The van der Waals surface area contributed by atoms with Crippen molar-refractivity contribution in [2.45, 2.75) is 25.9 Å². The predicted octanol–water partition coefficient (Wildman–Crippen LogP) is 1.93. The third kappa shape index (κ3) is 3.29. The lowest BCUT2D eigenvalue weighted by molar-refractivity contribution is -0.124. The average Bonchev–Trinajstić information content (AvgIpc) is 3.14. The number of methoxy groups -OCH3 is 1. The summed E-state index contributed by atoms with van der Waals surface area (Å²) in [6.45, 7) is 3.34. The normalized spacial score (nSPS) is 14.1. The van der Waals surface area contributed by atoms with Crippen LogP contribution in [0.1, 0.15) is 24.9 Å². The van der Waals surface area contributed by atoms with E-state index in [1.165, 1.54) is 0 Å². The van der Waals surface area contributed by atoms with Crippen molar-refractivity contribution in [3.05, 3.63) is 36.2 Å². The van der Waals surface area contributed by atoms with Gasteiger partial charge in [-0.1, -0.05) is 6.92 Å². The first-order valence-electron chi connectivity index (χ1n) is 7.96. The molecule has 1 atom stereocenters. The van der Waals surface area contributed by atoms with E-state index in [2.05, 4.69) is 10.4 Å². The maximum Gasteiger partial charge on any atom is 0.245 e. The van der Waals surface area contributed by atoms with Gasteiger partial charge in [-0.05, 0) is 18.6 Å².